The van der Waals surface area contributed by atoms with E-state index in [0.29, 0.717) is 19.4 Å². The minimum atomic E-state index is -0.197. The normalized spacial score (nSPS) is 8.83. The number of carbonyl (C=O) groups excluding carboxylic acids is 2. The number of hydrogen-bond donors (Lipinski definition) is 0. The van der Waals surface area contributed by atoms with Crippen molar-refractivity contribution >= 4 is 12.3 Å². The van der Waals surface area contributed by atoms with Crippen LogP contribution < -0.4 is 4.74 Å². The first-order valence-electron chi connectivity index (χ1n) is 5.90. The molecule has 0 N–H and O–H groups in total. The molecule has 0 bridgehead atoms. The minimum Gasteiger partial charge on any atom is -0.497 e. The van der Waals surface area contributed by atoms with Crippen LogP contribution in [0.1, 0.15) is 25.8 Å². The van der Waals surface area contributed by atoms with Gasteiger partial charge in [-0.1, -0.05) is 19.1 Å². The highest BCUT2D eigenvalue weighted by molar-refractivity contribution is 5.72. The molecule has 0 amide bonds. The van der Waals surface area contributed by atoms with Crippen molar-refractivity contribution in [1.29, 1.82) is 0 Å². The van der Waals surface area contributed by atoms with Gasteiger partial charge in [-0.05, 0) is 24.6 Å². The van der Waals surface area contributed by atoms with E-state index in [2.05, 4.69) is 0 Å². The lowest BCUT2D eigenvalue weighted by Crippen LogP contribution is -2.07. The van der Waals surface area contributed by atoms with Crippen molar-refractivity contribution < 1.29 is 19.1 Å². The van der Waals surface area contributed by atoms with Crippen LogP contribution >= 0.6 is 0 Å². The lowest BCUT2D eigenvalue weighted by Gasteiger charge is -2.03. The summed E-state index contributed by atoms with van der Waals surface area (Å²) in [5, 5.41) is 0. The maximum Gasteiger partial charge on any atom is 0.310 e. The van der Waals surface area contributed by atoms with Crippen LogP contribution in [0.25, 0.3) is 0 Å². The van der Waals surface area contributed by atoms with Crippen LogP contribution in [-0.4, -0.2) is 26.0 Å². The fraction of sp³-hybridized carbons (Fsp3) is 0.429. The van der Waals surface area contributed by atoms with E-state index in [4.69, 9.17) is 9.47 Å². The lowest BCUT2D eigenvalue weighted by atomic mass is 10.1. The molecule has 0 saturated heterocycles. The van der Waals surface area contributed by atoms with Crippen molar-refractivity contribution in [1.82, 2.24) is 0 Å². The average Bonchev–Trinajstić information content (AvgIpc) is 2.40. The van der Waals surface area contributed by atoms with Gasteiger partial charge in [0, 0.05) is 6.42 Å². The largest absolute Gasteiger partial charge is 0.497 e. The Labute approximate surface area is 108 Å². The van der Waals surface area contributed by atoms with Gasteiger partial charge in [0.1, 0.15) is 12.0 Å². The van der Waals surface area contributed by atoms with E-state index in [-0.39, 0.29) is 5.97 Å². The molecule has 100 valence electrons. The molecule has 0 atom stereocenters. The number of rotatable bonds is 5. The predicted molar refractivity (Wildman–Crippen MR) is 69.7 cm³/mol. The molecule has 1 aromatic rings. The van der Waals surface area contributed by atoms with Gasteiger partial charge in [0.05, 0.1) is 20.1 Å². The quantitative estimate of drug-likeness (QED) is 0.596. The highest BCUT2D eigenvalue weighted by Gasteiger charge is 2.03. The third-order valence-electron chi connectivity index (χ3n) is 1.98. The molecule has 0 aromatic heterocycles. The summed E-state index contributed by atoms with van der Waals surface area (Å²) in [6.45, 7) is 4.04. The summed E-state index contributed by atoms with van der Waals surface area (Å²) in [6.07, 6.45) is 1.83. The highest BCUT2D eigenvalue weighted by Crippen LogP contribution is 2.11. The summed E-state index contributed by atoms with van der Waals surface area (Å²) in [7, 11) is 1.61. The molecular weight excluding hydrogens is 232 g/mol. The summed E-state index contributed by atoms with van der Waals surface area (Å²) in [5.41, 5.74) is 0.934. The minimum absolute atomic E-state index is 0.197. The molecule has 0 radical (unpaired) electrons. The molecule has 0 spiro atoms. The van der Waals surface area contributed by atoms with Gasteiger partial charge >= 0.3 is 5.97 Å². The molecule has 0 unspecified atom stereocenters. The van der Waals surface area contributed by atoms with E-state index >= 15 is 0 Å². The number of benzene rings is 1. The molecule has 1 rings (SSSR count). The maximum atomic E-state index is 11.1. The molecule has 0 saturated carbocycles. The van der Waals surface area contributed by atoms with Crippen molar-refractivity contribution in [2.45, 2.75) is 26.7 Å². The Hall–Kier alpha value is -1.84. The summed E-state index contributed by atoms with van der Waals surface area (Å²) in [4.78, 5) is 20.3. The zero-order valence-electron chi connectivity index (χ0n) is 11.1. The smallest absolute Gasteiger partial charge is 0.310 e. The third-order valence-corrected chi connectivity index (χ3v) is 1.98. The van der Waals surface area contributed by atoms with Gasteiger partial charge in [-0.25, -0.2) is 0 Å². The average molecular weight is 252 g/mol. The summed E-state index contributed by atoms with van der Waals surface area (Å²) in [6, 6.07) is 7.37. The van der Waals surface area contributed by atoms with E-state index in [0.717, 1.165) is 17.6 Å². The number of aldehydes is 1. The monoisotopic (exact) mass is 252 g/mol. The molecule has 0 aliphatic rings. The second kappa shape index (κ2) is 10.3. The van der Waals surface area contributed by atoms with Gasteiger partial charge in [-0.15, -0.1) is 0 Å². The summed E-state index contributed by atoms with van der Waals surface area (Å²) in [5.74, 6) is 0.593. The Morgan fingerprint density at radius 3 is 2.17 bits per heavy atom. The molecule has 4 nitrogen and oxygen atoms in total. The van der Waals surface area contributed by atoms with Crippen molar-refractivity contribution in [3.63, 3.8) is 0 Å². The maximum absolute atomic E-state index is 11.1. The molecule has 0 heterocycles. The summed E-state index contributed by atoms with van der Waals surface area (Å²) >= 11 is 0. The van der Waals surface area contributed by atoms with Gasteiger partial charge in [0.2, 0.25) is 0 Å². The Balaban J connectivity index is 0.000000631. The van der Waals surface area contributed by atoms with Crippen LogP contribution in [0.4, 0.5) is 0 Å². The second-order valence-electron chi connectivity index (χ2n) is 3.40. The van der Waals surface area contributed by atoms with E-state index in [1.165, 1.54) is 0 Å². The standard InChI is InChI=1S/C11H14O3.C3H6O/c1-3-14-11(12)8-9-4-6-10(13-2)7-5-9;1-2-3-4/h4-7H,3,8H2,1-2H3;3H,2H2,1H3. The number of hydrogen-bond acceptors (Lipinski definition) is 4. The Morgan fingerprint density at radius 1 is 1.22 bits per heavy atom. The Kier molecular flexibility index (Phi) is 9.27. The summed E-state index contributed by atoms with van der Waals surface area (Å²) < 4.78 is 9.84. The zero-order chi connectivity index (χ0) is 13.8. The molecule has 18 heavy (non-hydrogen) atoms. The van der Waals surface area contributed by atoms with Gasteiger partial charge < -0.3 is 14.3 Å². The molecular formula is C14H20O4. The van der Waals surface area contributed by atoms with Gasteiger partial charge in [0.15, 0.2) is 0 Å². The third kappa shape index (κ3) is 7.44. The number of methoxy groups -OCH3 is 1. The van der Waals surface area contributed by atoms with Gasteiger partial charge in [-0.2, -0.15) is 0 Å². The predicted octanol–water partition coefficient (Wildman–Crippen LogP) is 2.40. The molecule has 0 aliphatic carbocycles. The van der Waals surface area contributed by atoms with E-state index in [1.54, 1.807) is 14.0 Å². The van der Waals surface area contributed by atoms with Crippen molar-refractivity contribution in [3.05, 3.63) is 29.8 Å². The Morgan fingerprint density at radius 2 is 1.78 bits per heavy atom. The highest BCUT2D eigenvalue weighted by atomic mass is 16.5. The van der Waals surface area contributed by atoms with Crippen LogP contribution in [0.15, 0.2) is 24.3 Å². The van der Waals surface area contributed by atoms with Gasteiger partial charge in [0.25, 0.3) is 0 Å². The van der Waals surface area contributed by atoms with Crippen LogP contribution in [0.5, 0.6) is 5.75 Å². The van der Waals surface area contributed by atoms with Crippen molar-refractivity contribution in [3.8, 4) is 5.75 Å². The van der Waals surface area contributed by atoms with E-state index < -0.39 is 0 Å². The Bertz CT molecular complexity index is 343. The van der Waals surface area contributed by atoms with E-state index in [9.17, 15) is 9.59 Å². The van der Waals surface area contributed by atoms with Crippen LogP contribution in [0.2, 0.25) is 0 Å². The lowest BCUT2D eigenvalue weighted by molar-refractivity contribution is -0.142. The van der Waals surface area contributed by atoms with Gasteiger partial charge in [-0.3, -0.25) is 4.79 Å². The molecule has 1 aromatic carbocycles. The molecule has 0 fully saturated rings. The first-order chi connectivity index (χ1) is 8.67. The SMILES string of the molecule is CCC=O.CCOC(=O)Cc1ccc(OC)cc1. The second-order valence-corrected chi connectivity index (χ2v) is 3.40. The molecule has 0 aliphatic heterocycles. The number of ether oxygens (including phenoxy) is 2. The van der Waals surface area contributed by atoms with Crippen LogP contribution in [0, 0.1) is 0 Å². The zero-order valence-corrected chi connectivity index (χ0v) is 11.1. The number of carbonyl (C=O) groups is 2. The number of esters is 1. The van der Waals surface area contributed by atoms with Crippen molar-refractivity contribution in [2.24, 2.45) is 0 Å². The first kappa shape index (κ1) is 16.2. The topological polar surface area (TPSA) is 52.6 Å². The fourth-order valence-electron chi connectivity index (χ4n) is 1.12. The van der Waals surface area contributed by atoms with Crippen LogP contribution in [0.3, 0.4) is 0 Å². The fourth-order valence-corrected chi connectivity index (χ4v) is 1.12. The molecule has 4 heteroatoms. The van der Waals surface area contributed by atoms with E-state index in [1.807, 2.05) is 31.2 Å². The van der Waals surface area contributed by atoms with Crippen LogP contribution in [-0.2, 0) is 20.7 Å². The first-order valence-corrected chi connectivity index (χ1v) is 5.90. The van der Waals surface area contributed by atoms with Crippen molar-refractivity contribution in [2.75, 3.05) is 13.7 Å².